The first-order valence-electron chi connectivity index (χ1n) is 4.37. The number of primary sulfonamides is 1. The maximum absolute atomic E-state index is 11.1. The van der Waals surface area contributed by atoms with Gasteiger partial charge >= 0.3 is 0 Å². The highest BCUT2D eigenvalue weighted by Crippen LogP contribution is 2.49. The first-order valence-corrected chi connectivity index (χ1v) is 6.73. The van der Waals surface area contributed by atoms with E-state index in [1.54, 1.807) is 18.2 Å². The van der Waals surface area contributed by atoms with Crippen LogP contribution in [0.3, 0.4) is 0 Å². The van der Waals surface area contributed by atoms with E-state index in [0.29, 0.717) is 22.0 Å². The van der Waals surface area contributed by atoms with Gasteiger partial charge in [0.05, 0.1) is 5.25 Å². The van der Waals surface area contributed by atoms with Crippen molar-refractivity contribution in [1.29, 1.82) is 0 Å². The number of nitrogens with two attached hydrogens (primary N) is 1. The van der Waals surface area contributed by atoms with Crippen molar-refractivity contribution in [2.75, 3.05) is 0 Å². The Hall–Kier alpha value is -0.290. The molecule has 0 saturated heterocycles. The van der Waals surface area contributed by atoms with E-state index in [1.807, 2.05) is 0 Å². The molecule has 82 valence electrons. The predicted molar refractivity (Wildman–Crippen MR) is 60.7 cm³/mol. The van der Waals surface area contributed by atoms with Crippen molar-refractivity contribution in [2.24, 2.45) is 5.14 Å². The molecule has 1 aromatic rings. The predicted octanol–water partition coefficient (Wildman–Crippen LogP) is 2.14. The standard InChI is InChI=1S/C9H9Cl2NO2S/c10-6-2-1-3-7(11)9(6)5-4-8(5)15(12,13)14/h1-3,5,8H,4H2,(H2,12,13,14). The Bertz CT molecular complexity index is 481. The van der Waals surface area contributed by atoms with E-state index in [2.05, 4.69) is 0 Å². The quantitative estimate of drug-likeness (QED) is 0.891. The molecule has 6 heteroatoms. The van der Waals surface area contributed by atoms with Crippen LogP contribution in [0.25, 0.3) is 0 Å². The molecule has 0 bridgehead atoms. The molecule has 1 aliphatic carbocycles. The average Bonchev–Trinajstić information content (AvgIpc) is 2.82. The summed E-state index contributed by atoms with van der Waals surface area (Å²) in [5, 5.41) is 5.52. The summed E-state index contributed by atoms with van der Waals surface area (Å²) in [6.07, 6.45) is 0.502. The van der Waals surface area contributed by atoms with E-state index in [0.717, 1.165) is 0 Å². The summed E-state index contributed by atoms with van der Waals surface area (Å²) >= 11 is 11.9. The topological polar surface area (TPSA) is 60.2 Å². The van der Waals surface area contributed by atoms with E-state index in [-0.39, 0.29) is 5.92 Å². The third-order valence-electron chi connectivity index (χ3n) is 2.52. The molecular formula is C9H9Cl2NO2S. The van der Waals surface area contributed by atoms with Crippen LogP contribution in [0.2, 0.25) is 10.0 Å². The largest absolute Gasteiger partial charge is 0.228 e. The lowest BCUT2D eigenvalue weighted by Crippen LogP contribution is -2.18. The van der Waals surface area contributed by atoms with Gasteiger partial charge in [-0.3, -0.25) is 0 Å². The zero-order chi connectivity index (χ0) is 11.2. The highest BCUT2D eigenvalue weighted by atomic mass is 35.5. The molecule has 2 atom stereocenters. The molecule has 0 aliphatic heterocycles. The van der Waals surface area contributed by atoms with E-state index in [9.17, 15) is 8.42 Å². The van der Waals surface area contributed by atoms with Crippen LogP contribution in [-0.4, -0.2) is 13.7 Å². The Morgan fingerprint density at radius 1 is 1.27 bits per heavy atom. The fourth-order valence-electron chi connectivity index (χ4n) is 1.70. The van der Waals surface area contributed by atoms with Gasteiger partial charge in [0.25, 0.3) is 0 Å². The summed E-state index contributed by atoms with van der Waals surface area (Å²) in [7, 11) is -3.48. The summed E-state index contributed by atoms with van der Waals surface area (Å²) < 4.78 is 22.2. The fourth-order valence-corrected chi connectivity index (χ4v) is 3.45. The summed E-state index contributed by atoms with van der Waals surface area (Å²) in [6.45, 7) is 0. The summed E-state index contributed by atoms with van der Waals surface area (Å²) in [6, 6.07) is 5.12. The molecular weight excluding hydrogens is 257 g/mol. The van der Waals surface area contributed by atoms with Crippen molar-refractivity contribution < 1.29 is 8.42 Å². The molecule has 1 saturated carbocycles. The van der Waals surface area contributed by atoms with Gasteiger partial charge < -0.3 is 0 Å². The SMILES string of the molecule is NS(=O)(=O)C1CC1c1c(Cl)cccc1Cl. The summed E-state index contributed by atoms with van der Waals surface area (Å²) in [5.74, 6) is -0.152. The Labute approximate surface area is 98.2 Å². The van der Waals surface area contributed by atoms with Crippen molar-refractivity contribution in [2.45, 2.75) is 17.6 Å². The van der Waals surface area contributed by atoms with Crippen LogP contribution >= 0.6 is 23.2 Å². The van der Waals surface area contributed by atoms with Gasteiger partial charge in [0.1, 0.15) is 0 Å². The molecule has 1 aliphatic rings. The van der Waals surface area contributed by atoms with Gasteiger partial charge in [-0.1, -0.05) is 29.3 Å². The molecule has 2 rings (SSSR count). The van der Waals surface area contributed by atoms with Crippen molar-refractivity contribution in [1.82, 2.24) is 0 Å². The third kappa shape index (κ3) is 2.13. The van der Waals surface area contributed by atoms with Crippen LogP contribution in [0.5, 0.6) is 0 Å². The Morgan fingerprint density at radius 3 is 2.20 bits per heavy atom. The van der Waals surface area contributed by atoms with Gasteiger partial charge in [-0.2, -0.15) is 0 Å². The second kappa shape index (κ2) is 3.63. The Balaban J connectivity index is 2.35. The van der Waals surface area contributed by atoms with E-state index in [1.165, 1.54) is 0 Å². The summed E-state index contributed by atoms with van der Waals surface area (Å²) in [5.41, 5.74) is 0.694. The van der Waals surface area contributed by atoms with Crippen LogP contribution < -0.4 is 5.14 Å². The van der Waals surface area contributed by atoms with Crippen molar-refractivity contribution in [3.8, 4) is 0 Å². The van der Waals surface area contributed by atoms with E-state index < -0.39 is 15.3 Å². The highest BCUT2D eigenvalue weighted by molar-refractivity contribution is 7.90. The van der Waals surface area contributed by atoms with Gasteiger partial charge in [0.15, 0.2) is 0 Å². The van der Waals surface area contributed by atoms with Gasteiger partial charge in [-0.15, -0.1) is 0 Å². The minimum Gasteiger partial charge on any atom is -0.228 e. The van der Waals surface area contributed by atoms with Crippen LogP contribution in [0.1, 0.15) is 17.9 Å². The highest BCUT2D eigenvalue weighted by Gasteiger charge is 2.48. The molecule has 1 aromatic carbocycles. The van der Waals surface area contributed by atoms with Gasteiger partial charge in [-0.25, -0.2) is 13.6 Å². The number of hydrogen-bond donors (Lipinski definition) is 1. The normalized spacial score (nSPS) is 25.3. The van der Waals surface area contributed by atoms with Gasteiger partial charge in [-0.05, 0) is 24.1 Å². The number of sulfonamides is 1. The molecule has 0 amide bonds. The second-order valence-corrected chi connectivity index (χ2v) is 6.20. The number of benzene rings is 1. The monoisotopic (exact) mass is 265 g/mol. The van der Waals surface area contributed by atoms with Crippen molar-refractivity contribution >= 4 is 33.2 Å². The summed E-state index contributed by atoms with van der Waals surface area (Å²) in [4.78, 5) is 0. The van der Waals surface area contributed by atoms with Crippen LogP contribution in [0.4, 0.5) is 0 Å². The molecule has 0 spiro atoms. The molecule has 15 heavy (non-hydrogen) atoms. The number of rotatable bonds is 2. The maximum atomic E-state index is 11.1. The van der Waals surface area contributed by atoms with Crippen LogP contribution in [-0.2, 0) is 10.0 Å². The molecule has 0 aromatic heterocycles. The lowest BCUT2D eigenvalue weighted by atomic mass is 10.1. The molecule has 0 radical (unpaired) electrons. The third-order valence-corrected chi connectivity index (χ3v) is 4.55. The van der Waals surface area contributed by atoms with E-state index >= 15 is 0 Å². The lowest BCUT2D eigenvalue weighted by molar-refractivity contribution is 0.595. The Kier molecular flexibility index (Phi) is 2.71. The first kappa shape index (κ1) is 11.2. The number of hydrogen-bond acceptors (Lipinski definition) is 2. The van der Waals surface area contributed by atoms with Crippen molar-refractivity contribution in [3.05, 3.63) is 33.8 Å². The fraction of sp³-hybridized carbons (Fsp3) is 0.333. The molecule has 3 nitrogen and oxygen atoms in total. The average molecular weight is 266 g/mol. The molecule has 0 heterocycles. The Morgan fingerprint density at radius 2 is 1.80 bits per heavy atom. The smallest absolute Gasteiger partial charge is 0.212 e. The van der Waals surface area contributed by atoms with E-state index in [4.69, 9.17) is 28.3 Å². The molecule has 2 N–H and O–H groups in total. The maximum Gasteiger partial charge on any atom is 0.212 e. The first-order chi connectivity index (χ1) is 6.91. The van der Waals surface area contributed by atoms with Crippen LogP contribution in [0, 0.1) is 0 Å². The minimum atomic E-state index is -3.48. The zero-order valence-electron chi connectivity index (χ0n) is 7.65. The van der Waals surface area contributed by atoms with Crippen molar-refractivity contribution in [3.63, 3.8) is 0 Å². The molecule has 1 fully saturated rings. The van der Waals surface area contributed by atoms with Gasteiger partial charge in [0, 0.05) is 16.0 Å². The second-order valence-electron chi connectivity index (χ2n) is 3.61. The van der Waals surface area contributed by atoms with Gasteiger partial charge in [0.2, 0.25) is 10.0 Å². The lowest BCUT2D eigenvalue weighted by Gasteiger charge is -2.05. The zero-order valence-corrected chi connectivity index (χ0v) is 9.98. The molecule has 2 unspecified atom stereocenters. The minimum absolute atomic E-state index is 0.152. The number of halogens is 2. The van der Waals surface area contributed by atoms with Crippen LogP contribution in [0.15, 0.2) is 18.2 Å².